The quantitative estimate of drug-likeness (QED) is 0.165. The Balaban J connectivity index is 1.68. The number of hydrazone groups is 1. The molecule has 0 unspecified atom stereocenters. The highest BCUT2D eigenvalue weighted by Crippen LogP contribution is 2.32. The van der Waals surface area contributed by atoms with Crippen LogP contribution in [0.2, 0.25) is 0 Å². The van der Waals surface area contributed by atoms with Gasteiger partial charge >= 0.3 is 0 Å². The Morgan fingerprint density at radius 2 is 1.79 bits per heavy atom. The number of hydrogen-bond donors (Lipinski definition) is 0. The van der Waals surface area contributed by atoms with Gasteiger partial charge in [0.05, 0.1) is 28.4 Å². The lowest BCUT2D eigenvalue weighted by Gasteiger charge is -2.20. The van der Waals surface area contributed by atoms with E-state index < -0.39 is 15.9 Å². The molecule has 3 aromatic carbocycles. The zero-order valence-corrected chi connectivity index (χ0v) is 23.5. The summed E-state index contributed by atoms with van der Waals surface area (Å²) in [6, 6.07) is 16.9. The molecule has 11 heteroatoms. The van der Waals surface area contributed by atoms with Crippen molar-refractivity contribution >= 4 is 48.8 Å². The molecule has 0 bridgehead atoms. The number of halogens is 1. The Kier molecular flexibility index (Phi) is 9.05. The molecule has 0 saturated heterocycles. The van der Waals surface area contributed by atoms with Gasteiger partial charge in [-0.3, -0.25) is 4.79 Å². The van der Waals surface area contributed by atoms with Crippen LogP contribution in [0.5, 0.6) is 5.75 Å². The molecule has 39 heavy (non-hydrogen) atoms. The Morgan fingerprint density at radius 3 is 2.44 bits per heavy atom. The summed E-state index contributed by atoms with van der Waals surface area (Å²) in [5.41, 5.74) is 1.49. The van der Waals surface area contributed by atoms with E-state index in [2.05, 4.69) is 10.1 Å². The molecule has 0 radical (unpaired) electrons. The van der Waals surface area contributed by atoms with Gasteiger partial charge in [-0.05, 0) is 66.6 Å². The fraction of sp³-hybridized carbons (Fsp3) is 0.250. The maximum absolute atomic E-state index is 13.6. The van der Waals surface area contributed by atoms with E-state index in [1.807, 2.05) is 13.0 Å². The maximum atomic E-state index is 13.6. The number of methoxy groups -OCH3 is 1. The predicted molar refractivity (Wildman–Crippen MR) is 153 cm³/mol. The largest absolute Gasteiger partial charge is 0.497 e. The van der Waals surface area contributed by atoms with Crippen LogP contribution in [-0.4, -0.2) is 50.0 Å². The third-order valence-corrected chi connectivity index (χ3v) is 8.99. The predicted octanol–water partition coefficient (Wildman–Crippen LogP) is 5.94. The lowest BCUT2D eigenvalue weighted by molar-refractivity contribution is 0.0987. The van der Waals surface area contributed by atoms with E-state index in [1.165, 1.54) is 58.3 Å². The minimum absolute atomic E-state index is 0.116. The summed E-state index contributed by atoms with van der Waals surface area (Å²) in [6.45, 7) is 4.60. The number of sulfonamides is 1. The normalized spacial score (nSPS) is 11.9. The Labute approximate surface area is 231 Å². The van der Waals surface area contributed by atoms with E-state index in [1.54, 1.807) is 38.3 Å². The van der Waals surface area contributed by atoms with Crippen molar-refractivity contribution in [2.24, 2.45) is 5.10 Å². The van der Waals surface area contributed by atoms with E-state index >= 15 is 0 Å². The van der Waals surface area contributed by atoms with Gasteiger partial charge in [0.25, 0.3) is 5.91 Å². The van der Waals surface area contributed by atoms with Crippen molar-refractivity contribution in [3.63, 3.8) is 0 Å². The Hall–Kier alpha value is -3.67. The molecule has 0 aliphatic rings. The van der Waals surface area contributed by atoms with Gasteiger partial charge in [-0.25, -0.2) is 17.8 Å². The van der Waals surface area contributed by atoms with Crippen LogP contribution >= 0.6 is 11.3 Å². The highest BCUT2D eigenvalue weighted by Gasteiger charge is 2.25. The van der Waals surface area contributed by atoms with Crippen LogP contribution in [0, 0.1) is 5.82 Å². The molecule has 4 rings (SSSR count). The van der Waals surface area contributed by atoms with Gasteiger partial charge < -0.3 is 4.74 Å². The van der Waals surface area contributed by atoms with Crippen LogP contribution in [0.25, 0.3) is 10.2 Å². The summed E-state index contributed by atoms with van der Waals surface area (Å²) in [5.74, 6) is -0.226. The zero-order chi connectivity index (χ0) is 28.0. The summed E-state index contributed by atoms with van der Waals surface area (Å²) in [7, 11) is -2.12. The minimum atomic E-state index is -3.69. The van der Waals surface area contributed by atoms with Crippen molar-refractivity contribution in [2.75, 3.05) is 25.2 Å². The minimum Gasteiger partial charge on any atom is -0.497 e. The molecule has 0 aliphatic heterocycles. The van der Waals surface area contributed by atoms with Crippen molar-refractivity contribution in [3.05, 3.63) is 83.7 Å². The number of fused-ring (bicyclic) bond motifs is 1. The number of benzene rings is 3. The number of thiazole rings is 1. The van der Waals surface area contributed by atoms with E-state index in [0.717, 1.165) is 22.6 Å². The van der Waals surface area contributed by atoms with Crippen molar-refractivity contribution in [3.8, 4) is 5.75 Å². The number of carbonyl (C=O) groups excluding carboxylic acids is 1. The van der Waals surface area contributed by atoms with Crippen LogP contribution in [0.4, 0.5) is 9.52 Å². The second-order valence-corrected chi connectivity index (χ2v) is 11.6. The molecular formula is C28H29FN4O4S2. The van der Waals surface area contributed by atoms with Crippen LogP contribution in [0.3, 0.4) is 0 Å². The molecule has 204 valence electrons. The molecule has 0 spiro atoms. The van der Waals surface area contributed by atoms with Crippen molar-refractivity contribution in [1.29, 1.82) is 0 Å². The number of nitrogens with zero attached hydrogens (tertiary/aromatic N) is 4. The molecule has 0 saturated carbocycles. The number of rotatable bonds is 11. The van der Waals surface area contributed by atoms with Crippen LogP contribution in [-0.2, 0) is 10.0 Å². The third-order valence-electron chi connectivity index (χ3n) is 6.00. The lowest BCUT2D eigenvalue weighted by atomic mass is 10.2. The molecule has 1 amide bonds. The summed E-state index contributed by atoms with van der Waals surface area (Å²) < 4.78 is 47.1. The summed E-state index contributed by atoms with van der Waals surface area (Å²) in [5, 5.41) is 5.85. The zero-order valence-electron chi connectivity index (χ0n) is 21.9. The first-order chi connectivity index (χ1) is 18.8. The first-order valence-electron chi connectivity index (χ1n) is 12.5. The fourth-order valence-corrected chi connectivity index (χ4v) is 6.23. The SMILES string of the molecule is CCCCN(CC)S(=O)(=O)c1ccc(C(=O)N(/N=C/c2ccc(F)cc2)c2nc3ccc(OC)cc3s2)cc1. The van der Waals surface area contributed by atoms with Crippen LogP contribution in [0.1, 0.15) is 42.6 Å². The number of carbonyl (C=O) groups is 1. The highest BCUT2D eigenvalue weighted by molar-refractivity contribution is 7.89. The lowest BCUT2D eigenvalue weighted by Crippen LogP contribution is -2.32. The topological polar surface area (TPSA) is 92.2 Å². The number of ether oxygens (including phenoxy) is 1. The number of aromatic nitrogens is 1. The molecule has 0 N–H and O–H groups in total. The number of hydrogen-bond acceptors (Lipinski definition) is 7. The highest BCUT2D eigenvalue weighted by atomic mass is 32.2. The van der Waals surface area contributed by atoms with Gasteiger partial charge in [-0.15, -0.1) is 0 Å². The van der Waals surface area contributed by atoms with Crippen molar-refractivity contribution < 1.29 is 22.3 Å². The summed E-state index contributed by atoms with van der Waals surface area (Å²) >= 11 is 1.26. The van der Waals surface area contributed by atoms with Gasteiger partial charge in [0.2, 0.25) is 15.2 Å². The monoisotopic (exact) mass is 568 g/mol. The Morgan fingerprint density at radius 1 is 1.08 bits per heavy atom. The molecule has 4 aromatic rings. The van der Waals surface area contributed by atoms with E-state index in [9.17, 15) is 17.6 Å². The first kappa shape index (κ1) is 28.3. The first-order valence-corrected chi connectivity index (χ1v) is 14.7. The molecule has 1 heterocycles. The average molecular weight is 569 g/mol. The average Bonchev–Trinajstić information content (AvgIpc) is 3.37. The third kappa shape index (κ3) is 6.49. The molecule has 8 nitrogen and oxygen atoms in total. The second kappa shape index (κ2) is 12.5. The van der Waals surface area contributed by atoms with Gasteiger partial charge in [0.15, 0.2) is 0 Å². The van der Waals surface area contributed by atoms with Crippen molar-refractivity contribution in [2.45, 2.75) is 31.6 Å². The Bertz CT molecular complexity index is 1570. The van der Waals surface area contributed by atoms with E-state index in [-0.39, 0.29) is 16.3 Å². The van der Waals surface area contributed by atoms with Gasteiger partial charge in [-0.2, -0.15) is 14.4 Å². The number of amides is 1. The van der Waals surface area contributed by atoms with Crippen LogP contribution < -0.4 is 9.75 Å². The van der Waals surface area contributed by atoms with Gasteiger partial charge in [-0.1, -0.05) is 43.7 Å². The van der Waals surface area contributed by atoms with Gasteiger partial charge in [0, 0.05) is 18.7 Å². The molecule has 0 fully saturated rings. The summed E-state index contributed by atoms with van der Waals surface area (Å²) in [4.78, 5) is 18.3. The summed E-state index contributed by atoms with van der Waals surface area (Å²) in [6.07, 6.45) is 3.08. The van der Waals surface area contributed by atoms with Gasteiger partial charge in [0.1, 0.15) is 11.6 Å². The van der Waals surface area contributed by atoms with E-state index in [4.69, 9.17) is 4.74 Å². The maximum Gasteiger partial charge on any atom is 0.280 e. The number of unbranched alkanes of at least 4 members (excludes halogenated alkanes) is 1. The fourth-order valence-electron chi connectivity index (χ4n) is 3.80. The molecule has 0 atom stereocenters. The van der Waals surface area contributed by atoms with E-state index in [0.29, 0.717) is 35.1 Å². The van der Waals surface area contributed by atoms with Crippen molar-refractivity contribution in [1.82, 2.24) is 9.29 Å². The smallest absolute Gasteiger partial charge is 0.280 e. The second-order valence-electron chi connectivity index (χ2n) is 8.62. The van der Waals surface area contributed by atoms with Crippen LogP contribution in [0.15, 0.2) is 76.7 Å². The molecular weight excluding hydrogens is 539 g/mol. The standard InChI is InChI=1S/C28H29FN4O4S2/c1-4-6-17-32(5-2)39(35,36)24-14-9-21(10-15-24)27(34)33(30-19-20-7-11-22(29)12-8-20)28-31-25-16-13-23(37-3)18-26(25)38-28/h7-16,18-19H,4-6,17H2,1-3H3/b30-19+. The molecule has 0 aliphatic carbocycles. The molecule has 1 aromatic heterocycles. The number of anilines is 1.